The summed E-state index contributed by atoms with van der Waals surface area (Å²) in [5.41, 5.74) is 6.10. The molecule has 1 N–H and O–H groups in total. The van der Waals surface area contributed by atoms with Gasteiger partial charge in [0.2, 0.25) is 0 Å². The number of carbonyl (C=O) groups is 1. The van der Waals surface area contributed by atoms with Crippen LogP contribution in [0.2, 0.25) is 0 Å². The van der Waals surface area contributed by atoms with Crippen LogP contribution in [0.25, 0.3) is 0 Å². The lowest BCUT2D eigenvalue weighted by Crippen LogP contribution is -2.43. The molecule has 7 heteroatoms. The van der Waals surface area contributed by atoms with E-state index in [0.717, 1.165) is 70.5 Å². The third kappa shape index (κ3) is 3.87. The summed E-state index contributed by atoms with van der Waals surface area (Å²) >= 11 is 0. The van der Waals surface area contributed by atoms with E-state index in [1.807, 2.05) is 25.7 Å². The quantitative estimate of drug-likeness (QED) is 0.611. The second-order valence-electron chi connectivity index (χ2n) is 12.2. The number of piperidine rings is 1. The highest BCUT2D eigenvalue weighted by atomic mass is 16.6. The predicted octanol–water partition coefficient (Wildman–Crippen LogP) is 5.37. The van der Waals surface area contributed by atoms with Gasteiger partial charge in [-0.05, 0) is 95.5 Å². The Hall–Kier alpha value is -2.67. The fraction of sp³-hybridized carbons (Fsp3) is 0.621. The average Bonchev–Trinajstić information content (AvgIpc) is 3.56. The molecule has 7 nitrogen and oxygen atoms in total. The van der Waals surface area contributed by atoms with Crippen LogP contribution in [0.3, 0.4) is 0 Å². The summed E-state index contributed by atoms with van der Waals surface area (Å²) < 4.78 is 5.83. The molecule has 1 aromatic carbocycles. The number of hydrogen-bond donors (Lipinski definition) is 1. The number of amides is 1. The molecular formula is C29H39N5O2. The second kappa shape index (κ2) is 8.72. The molecule has 1 amide bonds. The molecule has 2 aromatic rings. The monoisotopic (exact) mass is 489 g/mol. The molecular weight excluding hydrogens is 450 g/mol. The van der Waals surface area contributed by atoms with Crippen LogP contribution in [0.1, 0.15) is 94.1 Å². The zero-order valence-electron chi connectivity index (χ0n) is 22.1. The smallest absolute Gasteiger partial charge is 0.410 e. The zero-order chi connectivity index (χ0) is 25.1. The highest BCUT2D eigenvalue weighted by Gasteiger charge is 2.48. The average molecular weight is 490 g/mol. The molecule has 4 heterocycles. The minimum atomic E-state index is -0.500. The molecule has 1 aromatic heterocycles. The number of nitrogens with zero attached hydrogens (tertiary/aromatic N) is 4. The first kappa shape index (κ1) is 23.7. The molecule has 6 rings (SSSR count). The first-order valence-corrected chi connectivity index (χ1v) is 13.7. The Kier molecular flexibility index (Phi) is 5.74. The molecule has 0 radical (unpaired) electrons. The van der Waals surface area contributed by atoms with Crippen LogP contribution < -0.4 is 10.2 Å². The van der Waals surface area contributed by atoms with Crippen molar-refractivity contribution in [2.45, 2.75) is 89.2 Å². The molecule has 192 valence electrons. The predicted molar refractivity (Wildman–Crippen MR) is 141 cm³/mol. The highest BCUT2D eigenvalue weighted by molar-refractivity contribution is 5.76. The van der Waals surface area contributed by atoms with E-state index in [9.17, 15) is 4.79 Å². The van der Waals surface area contributed by atoms with Gasteiger partial charge in [0.1, 0.15) is 17.7 Å². The molecule has 0 bridgehead atoms. The van der Waals surface area contributed by atoms with E-state index in [4.69, 9.17) is 9.72 Å². The van der Waals surface area contributed by atoms with E-state index in [2.05, 4.69) is 40.3 Å². The van der Waals surface area contributed by atoms with Crippen molar-refractivity contribution in [1.82, 2.24) is 20.2 Å². The van der Waals surface area contributed by atoms with Gasteiger partial charge < -0.3 is 19.9 Å². The van der Waals surface area contributed by atoms with Crippen LogP contribution in [0.15, 0.2) is 24.5 Å². The van der Waals surface area contributed by atoms with E-state index >= 15 is 0 Å². The van der Waals surface area contributed by atoms with Crippen LogP contribution in [-0.2, 0) is 16.6 Å². The zero-order valence-corrected chi connectivity index (χ0v) is 22.1. The van der Waals surface area contributed by atoms with Crippen molar-refractivity contribution < 1.29 is 9.53 Å². The number of likely N-dealkylation sites (tertiary alicyclic amines) is 1. The maximum absolute atomic E-state index is 13.2. The van der Waals surface area contributed by atoms with Gasteiger partial charge in [0.25, 0.3) is 0 Å². The largest absolute Gasteiger partial charge is 0.444 e. The van der Waals surface area contributed by atoms with E-state index in [1.54, 1.807) is 6.33 Å². The van der Waals surface area contributed by atoms with Crippen LogP contribution in [0, 0.1) is 0 Å². The summed E-state index contributed by atoms with van der Waals surface area (Å²) in [4.78, 5) is 27.2. The van der Waals surface area contributed by atoms with Gasteiger partial charge in [-0.25, -0.2) is 14.8 Å². The maximum atomic E-state index is 13.2. The number of benzene rings is 1. The van der Waals surface area contributed by atoms with E-state index in [1.165, 1.54) is 28.1 Å². The molecule has 2 atom stereocenters. The molecule has 4 aliphatic rings. The topological polar surface area (TPSA) is 70.6 Å². The molecule has 2 fully saturated rings. The molecule has 3 aliphatic heterocycles. The van der Waals surface area contributed by atoms with Crippen molar-refractivity contribution in [3.8, 4) is 0 Å². The van der Waals surface area contributed by atoms with E-state index < -0.39 is 5.60 Å². The third-order valence-electron chi connectivity index (χ3n) is 8.67. The Morgan fingerprint density at radius 3 is 2.75 bits per heavy atom. The van der Waals surface area contributed by atoms with Crippen molar-refractivity contribution in [1.29, 1.82) is 0 Å². The number of rotatable bonds is 2. The summed E-state index contributed by atoms with van der Waals surface area (Å²) in [7, 11) is 0. The van der Waals surface area contributed by atoms with E-state index in [-0.39, 0.29) is 17.6 Å². The number of nitrogens with one attached hydrogen (secondary N) is 1. The Balaban J connectivity index is 1.46. The standard InChI is InChI=1S/C29H39N5O2/c1-19-10-11-21-24(19)26(32-18-31-21)34-17-29(12-14-30-15-13-29)25-20(7-5-8-23(25)34)22-9-6-16-33(22)27(35)36-28(2,3)4/h5,7-8,18-19,22,30H,6,9-17H2,1-4H3/t19-,22?/m1/s1. The lowest BCUT2D eigenvalue weighted by Gasteiger charge is -2.37. The van der Waals surface area contributed by atoms with Crippen LogP contribution >= 0.6 is 0 Å². The molecule has 1 spiro atoms. The molecule has 1 aliphatic carbocycles. The molecule has 0 saturated carbocycles. The van der Waals surface area contributed by atoms with Crippen LogP contribution in [0.5, 0.6) is 0 Å². The minimum Gasteiger partial charge on any atom is -0.444 e. The number of hydrogen-bond acceptors (Lipinski definition) is 6. The molecule has 36 heavy (non-hydrogen) atoms. The van der Waals surface area contributed by atoms with Gasteiger partial charge in [-0.2, -0.15) is 0 Å². The van der Waals surface area contributed by atoms with Crippen molar-refractivity contribution in [2.75, 3.05) is 31.1 Å². The van der Waals surface area contributed by atoms with Gasteiger partial charge in [0, 0.05) is 35.4 Å². The van der Waals surface area contributed by atoms with Crippen LogP contribution in [-0.4, -0.2) is 52.7 Å². The number of fused-ring (bicyclic) bond motifs is 3. The first-order chi connectivity index (χ1) is 17.3. The number of carbonyl (C=O) groups excluding carboxylic acids is 1. The second-order valence-corrected chi connectivity index (χ2v) is 12.2. The summed E-state index contributed by atoms with van der Waals surface area (Å²) in [5, 5.41) is 3.58. The molecule has 1 unspecified atom stereocenters. The van der Waals surface area contributed by atoms with Gasteiger partial charge in [0.05, 0.1) is 6.04 Å². The highest BCUT2D eigenvalue weighted by Crippen LogP contribution is 2.54. The van der Waals surface area contributed by atoms with E-state index in [0.29, 0.717) is 5.92 Å². The third-order valence-corrected chi connectivity index (χ3v) is 8.67. The summed E-state index contributed by atoms with van der Waals surface area (Å²) in [6, 6.07) is 6.78. The normalized spacial score (nSPS) is 24.8. The number of aryl methyl sites for hydroxylation is 1. The Morgan fingerprint density at radius 2 is 1.97 bits per heavy atom. The van der Waals surface area contributed by atoms with Crippen molar-refractivity contribution in [3.63, 3.8) is 0 Å². The van der Waals surface area contributed by atoms with Crippen molar-refractivity contribution in [2.24, 2.45) is 0 Å². The van der Waals surface area contributed by atoms with Crippen molar-refractivity contribution in [3.05, 3.63) is 46.9 Å². The van der Waals surface area contributed by atoms with Gasteiger partial charge >= 0.3 is 6.09 Å². The summed E-state index contributed by atoms with van der Waals surface area (Å²) in [5.74, 6) is 1.57. The minimum absolute atomic E-state index is 0.0524. The molecule has 2 saturated heterocycles. The fourth-order valence-electron chi connectivity index (χ4n) is 7.07. The number of ether oxygens (including phenoxy) is 1. The van der Waals surface area contributed by atoms with Crippen LogP contribution in [0.4, 0.5) is 16.3 Å². The van der Waals surface area contributed by atoms with Gasteiger partial charge in [0.15, 0.2) is 0 Å². The van der Waals surface area contributed by atoms with Gasteiger partial charge in [-0.1, -0.05) is 19.1 Å². The fourth-order valence-corrected chi connectivity index (χ4v) is 7.07. The number of aromatic nitrogens is 2. The lowest BCUT2D eigenvalue weighted by atomic mass is 9.72. The Morgan fingerprint density at radius 1 is 1.17 bits per heavy atom. The van der Waals surface area contributed by atoms with Gasteiger partial charge in [-0.15, -0.1) is 0 Å². The maximum Gasteiger partial charge on any atom is 0.410 e. The lowest BCUT2D eigenvalue weighted by molar-refractivity contribution is 0.0223. The Labute approximate surface area is 214 Å². The van der Waals surface area contributed by atoms with Crippen molar-refractivity contribution >= 4 is 17.6 Å². The Bertz CT molecular complexity index is 1170. The summed E-state index contributed by atoms with van der Waals surface area (Å²) in [6.07, 6.45) is 7.90. The SMILES string of the molecule is C[C@@H]1CCc2ncnc(N3CC4(CCNCC4)c4c(C5CCCN5C(=O)OC(C)(C)C)cccc43)c21. The van der Waals surface area contributed by atoms with Gasteiger partial charge in [-0.3, -0.25) is 0 Å². The summed E-state index contributed by atoms with van der Waals surface area (Å²) in [6.45, 7) is 11.9. The number of anilines is 2. The first-order valence-electron chi connectivity index (χ1n) is 13.7.